The molecule has 0 aromatic heterocycles. The van der Waals surface area contributed by atoms with Crippen LogP contribution in [0.4, 0.5) is 5.69 Å². The van der Waals surface area contributed by atoms with Gasteiger partial charge in [0.2, 0.25) is 5.69 Å². The zero-order valence-electron chi connectivity index (χ0n) is 15.3. The van der Waals surface area contributed by atoms with E-state index in [1.807, 2.05) is 0 Å². The number of aryl methyl sites for hydroxylation is 1. The van der Waals surface area contributed by atoms with Crippen LogP contribution in [-0.2, 0) is 11.8 Å². The number of fused-ring (bicyclic) bond motifs is 3. The molecule has 0 N–H and O–H groups in total. The van der Waals surface area contributed by atoms with Gasteiger partial charge in [-0.15, -0.1) is 0 Å². The lowest BCUT2D eigenvalue weighted by Crippen LogP contribution is -3.00. The summed E-state index contributed by atoms with van der Waals surface area (Å²) in [5, 5.41) is 2.67. The Bertz CT molecular complexity index is 986. The van der Waals surface area contributed by atoms with Crippen LogP contribution < -0.4 is 17.0 Å². The Morgan fingerprint density at radius 1 is 0.880 bits per heavy atom. The summed E-state index contributed by atoms with van der Waals surface area (Å²) >= 11 is 0. The first-order valence-electron chi connectivity index (χ1n) is 8.67. The Balaban J connectivity index is 0.00000182. The number of hydrogen-bond acceptors (Lipinski definition) is 0. The van der Waals surface area contributed by atoms with Crippen molar-refractivity contribution in [1.82, 2.24) is 0 Å². The Labute approximate surface area is 160 Å². The number of rotatable bonds is 2. The Morgan fingerprint density at radius 2 is 1.56 bits per heavy atom. The fraction of sp³-hybridized carbons (Fsp3) is 0.261. The normalized spacial score (nSPS) is 19.0. The second-order valence-corrected chi connectivity index (χ2v) is 7.26. The van der Waals surface area contributed by atoms with Gasteiger partial charge < -0.3 is 17.0 Å². The predicted molar refractivity (Wildman–Crippen MR) is 103 cm³/mol. The summed E-state index contributed by atoms with van der Waals surface area (Å²) in [6.07, 6.45) is 1.04. The molecule has 0 bridgehead atoms. The molecule has 2 heteroatoms. The van der Waals surface area contributed by atoms with Crippen molar-refractivity contribution in [3.05, 3.63) is 77.4 Å². The van der Waals surface area contributed by atoms with E-state index in [0.717, 1.165) is 6.42 Å². The summed E-state index contributed by atoms with van der Waals surface area (Å²) in [6, 6.07) is 22.1. The fourth-order valence-electron chi connectivity index (χ4n) is 4.21. The average molecular weight is 394 g/mol. The van der Waals surface area contributed by atoms with Crippen LogP contribution in [-0.4, -0.2) is 17.3 Å². The molecular weight excluding hydrogens is 370 g/mol. The maximum absolute atomic E-state index is 2.40. The highest BCUT2D eigenvalue weighted by Crippen LogP contribution is 2.45. The van der Waals surface area contributed by atoms with Gasteiger partial charge in [-0.1, -0.05) is 54.6 Å². The van der Waals surface area contributed by atoms with Gasteiger partial charge in [0.05, 0.1) is 10.8 Å². The molecule has 4 rings (SSSR count). The van der Waals surface area contributed by atoms with Crippen LogP contribution in [0.15, 0.2) is 60.7 Å². The van der Waals surface area contributed by atoms with Crippen LogP contribution in [0.25, 0.3) is 10.8 Å². The van der Waals surface area contributed by atoms with E-state index in [4.69, 9.17) is 0 Å². The molecule has 25 heavy (non-hydrogen) atoms. The molecule has 1 heterocycles. The molecule has 128 valence electrons. The second-order valence-electron chi connectivity index (χ2n) is 7.26. The molecule has 0 saturated heterocycles. The Morgan fingerprint density at radius 3 is 2.32 bits per heavy atom. The molecule has 3 aromatic carbocycles. The zero-order chi connectivity index (χ0) is 16.9. The summed E-state index contributed by atoms with van der Waals surface area (Å²) in [4.78, 5) is 0. The van der Waals surface area contributed by atoms with Crippen LogP contribution >= 0.6 is 0 Å². The third-order valence-electron chi connectivity index (χ3n) is 5.94. The van der Waals surface area contributed by atoms with Crippen LogP contribution in [0.2, 0.25) is 0 Å². The molecule has 3 aromatic rings. The Kier molecular flexibility index (Phi) is 4.59. The van der Waals surface area contributed by atoms with Gasteiger partial charge in [-0.2, -0.15) is 0 Å². The van der Waals surface area contributed by atoms with Crippen molar-refractivity contribution in [3.63, 3.8) is 0 Å². The first-order chi connectivity index (χ1) is 11.5. The summed E-state index contributed by atoms with van der Waals surface area (Å²) < 4.78 is 2.40. The quantitative estimate of drug-likeness (QED) is 0.588. The SMILES string of the molecule is CC1=[N+](C)c2c(ccc3ccccc23)C1(C)Cc1ccccc1C.[Br-]. The topological polar surface area (TPSA) is 3.01 Å². The van der Waals surface area contributed by atoms with Gasteiger partial charge in [0.15, 0.2) is 5.71 Å². The van der Waals surface area contributed by atoms with Gasteiger partial charge in [0.1, 0.15) is 7.05 Å². The molecule has 0 amide bonds. The van der Waals surface area contributed by atoms with E-state index < -0.39 is 0 Å². The van der Waals surface area contributed by atoms with Crippen molar-refractivity contribution < 1.29 is 21.6 Å². The third kappa shape index (κ3) is 2.64. The van der Waals surface area contributed by atoms with Crippen LogP contribution in [0.3, 0.4) is 0 Å². The maximum Gasteiger partial charge on any atom is 0.217 e. The van der Waals surface area contributed by atoms with Crippen molar-refractivity contribution in [2.24, 2.45) is 0 Å². The fourth-order valence-corrected chi connectivity index (χ4v) is 4.21. The van der Waals surface area contributed by atoms with E-state index in [0.29, 0.717) is 0 Å². The second kappa shape index (κ2) is 6.42. The first kappa shape index (κ1) is 17.9. The largest absolute Gasteiger partial charge is 1.00 e. The standard InChI is InChI=1S/C23H24N.BrH/c1-16-9-5-6-11-19(16)15-23(3)17(2)24(4)22-20-12-8-7-10-18(20)13-14-21(22)23;/h5-14H,15H2,1-4H3;1H/q+1;/p-1. The molecule has 0 fully saturated rings. The smallest absolute Gasteiger partial charge is 0.217 e. The van der Waals surface area contributed by atoms with Gasteiger partial charge in [-0.3, -0.25) is 0 Å². The van der Waals surface area contributed by atoms with Crippen LogP contribution in [0.5, 0.6) is 0 Å². The van der Waals surface area contributed by atoms with E-state index in [-0.39, 0.29) is 22.4 Å². The van der Waals surface area contributed by atoms with E-state index >= 15 is 0 Å². The third-order valence-corrected chi connectivity index (χ3v) is 5.94. The van der Waals surface area contributed by atoms with Crippen LogP contribution in [0.1, 0.15) is 30.5 Å². The van der Waals surface area contributed by atoms with Crippen molar-refractivity contribution in [2.45, 2.75) is 32.6 Å². The van der Waals surface area contributed by atoms with Crippen molar-refractivity contribution in [1.29, 1.82) is 0 Å². The average Bonchev–Trinajstić information content (AvgIpc) is 2.79. The lowest BCUT2D eigenvalue weighted by Gasteiger charge is -2.23. The number of hydrogen-bond donors (Lipinski definition) is 0. The molecule has 0 saturated carbocycles. The predicted octanol–water partition coefficient (Wildman–Crippen LogP) is 2.40. The molecule has 1 unspecified atom stereocenters. The highest BCUT2D eigenvalue weighted by molar-refractivity contribution is 6.02. The molecule has 0 aliphatic carbocycles. The van der Waals surface area contributed by atoms with E-state index in [1.165, 1.54) is 38.9 Å². The van der Waals surface area contributed by atoms with Gasteiger partial charge in [-0.25, -0.2) is 4.58 Å². The molecular formula is C23H24BrN. The minimum Gasteiger partial charge on any atom is -1.00 e. The van der Waals surface area contributed by atoms with Crippen molar-refractivity contribution in [3.8, 4) is 0 Å². The summed E-state index contributed by atoms with van der Waals surface area (Å²) in [6.45, 7) is 6.90. The lowest BCUT2D eigenvalue weighted by molar-refractivity contribution is -0.401. The highest BCUT2D eigenvalue weighted by atomic mass is 79.9. The first-order valence-corrected chi connectivity index (χ1v) is 8.67. The minimum absolute atomic E-state index is 0. The van der Waals surface area contributed by atoms with Gasteiger partial charge in [0, 0.05) is 12.5 Å². The number of benzene rings is 3. The van der Waals surface area contributed by atoms with E-state index in [9.17, 15) is 0 Å². The monoisotopic (exact) mass is 393 g/mol. The van der Waals surface area contributed by atoms with Crippen molar-refractivity contribution in [2.75, 3.05) is 7.05 Å². The van der Waals surface area contributed by atoms with Gasteiger partial charge in [0.25, 0.3) is 0 Å². The molecule has 1 aliphatic heterocycles. The van der Waals surface area contributed by atoms with Crippen LogP contribution in [0, 0.1) is 6.92 Å². The highest BCUT2D eigenvalue weighted by Gasteiger charge is 2.46. The number of nitrogens with zero attached hydrogens (tertiary/aromatic N) is 1. The van der Waals surface area contributed by atoms with Gasteiger partial charge >= 0.3 is 0 Å². The summed E-state index contributed by atoms with van der Waals surface area (Å²) in [5.41, 5.74) is 7.11. The van der Waals surface area contributed by atoms with Gasteiger partial charge in [-0.05, 0) is 42.8 Å². The lowest BCUT2D eigenvalue weighted by atomic mass is 9.74. The molecule has 1 atom stereocenters. The summed E-state index contributed by atoms with van der Waals surface area (Å²) in [5.74, 6) is 0. The Hall–Kier alpha value is -1.93. The molecule has 0 radical (unpaired) electrons. The molecule has 1 nitrogen and oxygen atoms in total. The van der Waals surface area contributed by atoms with E-state index in [2.05, 4.69) is 93.1 Å². The number of halogens is 1. The maximum atomic E-state index is 2.40. The molecule has 1 aliphatic rings. The minimum atomic E-state index is 0. The van der Waals surface area contributed by atoms with Crippen molar-refractivity contribution >= 4 is 22.2 Å². The molecule has 0 spiro atoms. The van der Waals surface area contributed by atoms with E-state index in [1.54, 1.807) is 0 Å². The summed E-state index contributed by atoms with van der Waals surface area (Å²) in [7, 11) is 2.21. The zero-order valence-corrected chi connectivity index (χ0v) is 16.9.